The van der Waals surface area contributed by atoms with E-state index in [1.54, 1.807) is 24.3 Å². The highest BCUT2D eigenvalue weighted by Crippen LogP contribution is 2.32. The van der Waals surface area contributed by atoms with Crippen molar-refractivity contribution in [3.63, 3.8) is 0 Å². The van der Waals surface area contributed by atoms with Gasteiger partial charge in [-0.2, -0.15) is 18.2 Å². The number of alkyl halides is 3. The second-order valence-electron chi connectivity index (χ2n) is 3.83. The van der Waals surface area contributed by atoms with Crippen molar-refractivity contribution in [3.8, 4) is 11.1 Å². The summed E-state index contributed by atoms with van der Waals surface area (Å²) in [6, 6.07) is 11.3. The maximum Gasteiger partial charge on any atom is 0.416 e. The first kappa shape index (κ1) is 13.1. The number of rotatable bonds is 2. The summed E-state index contributed by atoms with van der Waals surface area (Å²) in [5, 5.41) is 0. The largest absolute Gasteiger partial charge is 0.416 e. The molecule has 0 saturated heterocycles. The molecule has 0 fully saturated rings. The molecule has 0 unspecified atom stereocenters. The Labute approximate surface area is 107 Å². The maximum atomic E-state index is 12.6. The predicted octanol–water partition coefficient (Wildman–Crippen LogP) is 4.34. The Morgan fingerprint density at radius 2 is 1.58 bits per heavy atom. The third kappa shape index (κ3) is 3.09. The van der Waals surface area contributed by atoms with Crippen molar-refractivity contribution >= 4 is 11.8 Å². The summed E-state index contributed by atoms with van der Waals surface area (Å²) in [6.07, 6.45) is -2.99. The average Bonchev–Trinajstić information content (AvgIpc) is 2.39. The Morgan fingerprint density at radius 1 is 0.947 bits per heavy atom. The molecule has 0 spiro atoms. The molecule has 0 aliphatic carbocycles. The highest BCUT2D eigenvalue weighted by molar-refractivity contribution is 5.68. The first-order chi connectivity index (χ1) is 9.00. The fourth-order valence-electron chi connectivity index (χ4n) is 1.68. The maximum absolute atomic E-state index is 12.6. The van der Waals surface area contributed by atoms with Crippen LogP contribution >= 0.6 is 0 Å². The minimum atomic E-state index is -4.38. The van der Waals surface area contributed by atoms with Crippen LogP contribution in [-0.2, 0) is 11.0 Å². The van der Waals surface area contributed by atoms with Crippen molar-refractivity contribution < 1.29 is 18.0 Å². The van der Waals surface area contributed by atoms with Crippen LogP contribution in [-0.4, -0.2) is 6.08 Å². The molecule has 0 N–H and O–H groups in total. The van der Waals surface area contributed by atoms with E-state index < -0.39 is 11.7 Å². The summed E-state index contributed by atoms with van der Waals surface area (Å²) < 4.78 is 37.8. The van der Waals surface area contributed by atoms with Crippen molar-refractivity contribution in [1.82, 2.24) is 0 Å². The normalized spacial score (nSPS) is 10.9. The smallest absolute Gasteiger partial charge is 0.211 e. The third-order valence-electron chi connectivity index (χ3n) is 2.54. The number of hydrogen-bond donors (Lipinski definition) is 0. The second kappa shape index (κ2) is 5.08. The lowest BCUT2D eigenvalue weighted by atomic mass is 10.0. The molecule has 0 aliphatic heterocycles. The zero-order valence-electron chi connectivity index (χ0n) is 9.61. The molecule has 0 amide bonds. The molecule has 96 valence electrons. The summed E-state index contributed by atoms with van der Waals surface area (Å²) in [4.78, 5) is 13.6. The summed E-state index contributed by atoms with van der Waals surface area (Å²) in [6.45, 7) is 0. The van der Waals surface area contributed by atoms with Crippen LogP contribution in [0.2, 0.25) is 0 Å². The Morgan fingerprint density at radius 3 is 2.21 bits per heavy atom. The van der Waals surface area contributed by atoms with E-state index in [-0.39, 0.29) is 0 Å². The lowest BCUT2D eigenvalue weighted by Gasteiger charge is -2.09. The quantitative estimate of drug-likeness (QED) is 0.585. The molecule has 0 saturated carbocycles. The second-order valence-corrected chi connectivity index (χ2v) is 3.83. The van der Waals surface area contributed by atoms with Crippen LogP contribution in [0.5, 0.6) is 0 Å². The lowest BCUT2D eigenvalue weighted by Crippen LogP contribution is -2.04. The van der Waals surface area contributed by atoms with Gasteiger partial charge in [-0.3, -0.25) is 0 Å². The molecule has 0 atom stereocenters. The van der Waals surface area contributed by atoms with E-state index >= 15 is 0 Å². The third-order valence-corrected chi connectivity index (χ3v) is 2.54. The van der Waals surface area contributed by atoms with Crippen LogP contribution in [0.15, 0.2) is 53.5 Å². The Hall–Kier alpha value is -2.39. The van der Waals surface area contributed by atoms with E-state index in [1.165, 1.54) is 18.2 Å². The number of carbonyl (C=O) groups excluding carboxylic acids is 1. The molecular formula is C14H8F3NO. The van der Waals surface area contributed by atoms with Crippen LogP contribution in [0.25, 0.3) is 11.1 Å². The van der Waals surface area contributed by atoms with Gasteiger partial charge in [0.2, 0.25) is 6.08 Å². The van der Waals surface area contributed by atoms with Gasteiger partial charge >= 0.3 is 6.18 Å². The van der Waals surface area contributed by atoms with Crippen molar-refractivity contribution in [2.45, 2.75) is 6.18 Å². The van der Waals surface area contributed by atoms with Gasteiger partial charge in [-0.05, 0) is 35.4 Å². The van der Waals surface area contributed by atoms with E-state index in [0.717, 1.165) is 12.1 Å². The van der Waals surface area contributed by atoms with Gasteiger partial charge in [0, 0.05) is 0 Å². The summed E-state index contributed by atoms with van der Waals surface area (Å²) >= 11 is 0. The molecule has 19 heavy (non-hydrogen) atoms. The highest BCUT2D eigenvalue weighted by atomic mass is 19.4. The highest BCUT2D eigenvalue weighted by Gasteiger charge is 2.30. The molecule has 2 aromatic carbocycles. The van der Waals surface area contributed by atoms with Gasteiger partial charge in [0.05, 0.1) is 11.3 Å². The molecule has 0 radical (unpaired) electrons. The van der Waals surface area contributed by atoms with Crippen molar-refractivity contribution in [3.05, 3.63) is 54.1 Å². The van der Waals surface area contributed by atoms with Gasteiger partial charge in [0.15, 0.2) is 0 Å². The molecule has 2 nitrogen and oxygen atoms in total. The molecule has 5 heteroatoms. The molecule has 0 bridgehead atoms. The molecule has 2 aromatic rings. The minimum absolute atomic E-state index is 0.352. The number of benzene rings is 2. The van der Waals surface area contributed by atoms with Gasteiger partial charge in [-0.1, -0.05) is 24.3 Å². The van der Waals surface area contributed by atoms with Crippen molar-refractivity contribution in [2.75, 3.05) is 0 Å². The van der Waals surface area contributed by atoms with Crippen LogP contribution in [0.4, 0.5) is 18.9 Å². The van der Waals surface area contributed by atoms with Crippen LogP contribution in [0, 0.1) is 0 Å². The summed E-state index contributed by atoms with van der Waals surface area (Å²) in [7, 11) is 0. The summed E-state index contributed by atoms with van der Waals surface area (Å²) in [5.41, 5.74) is 0.611. The van der Waals surface area contributed by atoms with Crippen molar-refractivity contribution in [1.29, 1.82) is 0 Å². The van der Waals surface area contributed by atoms with Crippen LogP contribution in [0.3, 0.4) is 0 Å². The van der Waals surface area contributed by atoms with Gasteiger partial charge < -0.3 is 0 Å². The fourth-order valence-corrected chi connectivity index (χ4v) is 1.68. The van der Waals surface area contributed by atoms with Crippen LogP contribution < -0.4 is 0 Å². The molecule has 0 aliphatic rings. The minimum Gasteiger partial charge on any atom is -0.211 e. The molecule has 2 rings (SSSR count). The average molecular weight is 263 g/mol. The van der Waals surface area contributed by atoms with Gasteiger partial charge in [0.25, 0.3) is 0 Å². The Kier molecular flexibility index (Phi) is 3.49. The van der Waals surface area contributed by atoms with Gasteiger partial charge in [0.1, 0.15) is 0 Å². The monoisotopic (exact) mass is 263 g/mol. The lowest BCUT2D eigenvalue weighted by molar-refractivity contribution is -0.137. The van der Waals surface area contributed by atoms with E-state index in [9.17, 15) is 18.0 Å². The number of hydrogen-bond acceptors (Lipinski definition) is 2. The molecular weight excluding hydrogens is 255 g/mol. The standard InChI is InChI=1S/C14H8F3NO/c15-14(16,17)12-5-1-3-10(7-12)11-4-2-6-13(8-11)18-9-19/h1-8H. The number of nitrogens with zero attached hydrogens (tertiary/aromatic N) is 1. The zero-order chi connectivity index (χ0) is 13.9. The van der Waals surface area contributed by atoms with Crippen molar-refractivity contribution in [2.24, 2.45) is 4.99 Å². The summed E-state index contributed by atoms with van der Waals surface area (Å²) in [5.74, 6) is 0. The number of aliphatic imine (C=N–C) groups is 1. The Bertz CT molecular complexity index is 643. The van der Waals surface area contributed by atoms with Crippen LogP contribution in [0.1, 0.15) is 5.56 Å². The molecule has 0 heterocycles. The SMILES string of the molecule is O=C=Nc1cccc(-c2cccc(C(F)(F)F)c2)c1. The zero-order valence-corrected chi connectivity index (χ0v) is 9.61. The van der Waals surface area contributed by atoms with E-state index in [4.69, 9.17) is 0 Å². The topological polar surface area (TPSA) is 29.4 Å². The fraction of sp³-hybridized carbons (Fsp3) is 0.0714. The number of halogens is 3. The van der Waals surface area contributed by atoms with E-state index in [1.807, 2.05) is 0 Å². The van der Waals surface area contributed by atoms with E-state index in [2.05, 4.69) is 4.99 Å². The number of isocyanates is 1. The Balaban J connectivity index is 2.47. The molecule has 0 aromatic heterocycles. The van der Waals surface area contributed by atoms with E-state index in [0.29, 0.717) is 16.8 Å². The van der Waals surface area contributed by atoms with Gasteiger partial charge in [-0.25, -0.2) is 4.79 Å². The first-order valence-corrected chi connectivity index (χ1v) is 5.36. The first-order valence-electron chi connectivity index (χ1n) is 5.36. The predicted molar refractivity (Wildman–Crippen MR) is 64.7 cm³/mol. The van der Waals surface area contributed by atoms with Gasteiger partial charge in [-0.15, -0.1) is 0 Å².